The maximum atomic E-state index is 12.2. The Morgan fingerprint density at radius 2 is 2.39 bits per heavy atom. The predicted molar refractivity (Wildman–Crippen MR) is 71.0 cm³/mol. The molecule has 0 aliphatic carbocycles. The summed E-state index contributed by atoms with van der Waals surface area (Å²) in [5.41, 5.74) is 6.33. The minimum Gasteiger partial charge on any atom is -0.378 e. The molecule has 1 aromatic heterocycles. The number of nitrogens with one attached hydrogen (secondary N) is 1. The van der Waals surface area contributed by atoms with Crippen molar-refractivity contribution in [3.8, 4) is 0 Å². The lowest BCUT2D eigenvalue weighted by atomic mass is 10.1. The van der Waals surface area contributed by atoms with Crippen molar-refractivity contribution in [2.24, 2.45) is 5.73 Å². The molecule has 1 aliphatic rings. The summed E-state index contributed by atoms with van der Waals surface area (Å²) in [6.07, 6.45) is 1.54. The highest BCUT2D eigenvalue weighted by atomic mass is 32.2. The van der Waals surface area contributed by atoms with Crippen LogP contribution in [0.3, 0.4) is 0 Å². The highest BCUT2D eigenvalue weighted by molar-refractivity contribution is 7.91. The zero-order chi connectivity index (χ0) is 13.2. The van der Waals surface area contributed by atoms with E-state index in [9.17, 15) is 8.42 Å². The largest absolute Gasteiger partial charge is 0.378 e. The van der Waals surface area contributed by atoms with Gasteiger partial charge in [0.05, 0.1) is 6.10 Å². The molecule has 1 saturated heterocycles. The quantitative estimate of drug-likeness (QED) is 0.868. The van der Waals surface area contributed by atoms with Crippen molar-refractivity contribution in [1.29, 1.82) is 0 Å². The molecule has 1 aromatic rings. The minimum absolute atomic E-state index is 0.0397. The first-order chi connectivity index (χ1) is 8.51. The van der Waals surface area contributed by atoms with Crippen molar-refractivity contribution in [1.82, 2.24) is 4.72 Å². The second kappa shape index (κ2) is 5.66. The Morgan fingerprint density at radius 3 is 3.00 bits per heavy atom. The monoisotopic (exact) mass is 290 g/mol. The Morgan fingerprint density at radius 1 is 1.61 bits per heavy atom. The van der Waals surface area contributed by atoms with E-state index in [0.29, 0.717) is 23.8 Å². The van der Waals surface area contributed by atoms with E-state index >= 15 is 0 Å². The van der Waals surface area contributed by atoms with E-state index in [1.54, 1.807) is 11.4 Å². The van der Waals surface area contributed by atoms with Crippen LogP contribution in [-0.2, 0) is 21.3 Å². The highest BCUT2D eigenvalue weighted by Gasteiger charge is 2.25. The molecule has 1 aliphatic heterocycles. The Bertz CT molecular complexity index is 498. The standard InChI is InChI=1S/C11H18N2O3S2/c1-8-4-10(2-3-16-8)13-18(14,15)11-5-9(6-12)7-17-11/h5,7-8,10,13H,2-4,6,12H2,1H3. The van der Waals surface area contributed by atoms with E-state index in [4.69, 9.17) is 10.5 Å². The average Bonchev–Trinajstić information content (AvgIpc) is 2.77. The van der Waals surface area contributed by atoms with E-state index in [1.165, 1.54) is 11.3 Å². The molecule has 18 heavy (non-hydrogen) atoms. The van der Waals surface area contributed by atoms with Crippen molar-refractivity contribution >= 4 is 21.4 Å². The first-order valence-electron chi connectivity index (χ1n) is 5.92. The van der Waals surface area contributed by atoms with Crippen LogP contribution in [0.15, 0.2) is 15.7 Å². The molecule has 0 aromatic carbocycles. The molecule has 102 valence electrons. The molecular formula is C11H18N2O3S2. The summed E-state index contributed by atoms with van der Waals surface area (Å²) in [7, 11) is -3.42. The number of thiophene rings is 1. The zero-order valence-electron chi connectivity index (χ0n) is 10.3. The molecule has 0 radical (unpaired) electrons. The molecule has 2 heterocycles. The van der Waals surface area contributed by atoms with Gasteiger partial charge in [0.1, 0.15) is 4.21 Å². The van der Waals surface area contributed by atoms with Gasteiger partial charge in [0.25, 0.3) is 0 Å². The van der Waals surface area contributed by atoms with Crippen molar-refractivity contribution in [2.75, 3.05) is 6.61 Å². The van der Waals surface area contributed by atoms with E-state index in [2.05, 4.69) is 4.72 Å². The summed E-state index contributed by atoms with van der Waals surface area (Å²) in [6, 6.07) is 1.60. The molecular weight excluding hydrogens is 272 g/mol. The van der Waals surface area contributed by atoms with Crippen LogP contribution >= 0.6 is 11.3 Å². The fourth-order valence-corrected chi connectivity index (χ4v) is 4.51. The van der Waals surface area contributed by atoms with Gasteiger partial charge in [0, 0.05) is 19.2 Å². The third kappa shape index (κ3) is 3.30. The zero-order valence-corrected chi connectivity index (χ0v) is 11.9. The Labute approximate surface area is 111 Å². The van der Waals surface area contributed by atoms with E-state index < -0.39 is 10.0 Å². The van der Waals surface area contributed by atoms with Gasteiger partial charge in [-0.05, 0) is 36.8 Å². The number of hydrogen-bond acceptors (Lipinski definition) is 5. The third-order valence-electron chi connectivity index (χ3n) is 2.94. The molecule has 5 nitrogen and oxygen atoms in total. The van der Waals surface area contributed by atoms with Gasteiger partial charge >= 0.3 is 0 Å². The maximum absolute atomic E-state index is 12.2. The molecule has 2 unspecified atom stereocenters. The minimum atomic E-state index is -3.42. The first kappa shape index (κ1) is 14.0. The van der Waals surface area contributed by atoms with Crippen LogP contribution in [-0.4, -0.2) is 27.2 Å². The number of rotatable bonds is 4. The van der Waals surface area contributed by atoms with Gasteiger partial charge in [0.2, 0.25) is 10.0 Å². The van der Waals surface area contributed by atoms with E-state index in [1.807, 2.05) is 6.92 Å². The second-order valence-electron chi connectivity index (χ2n) is 4.50. The Hall–Kier alpha value is -0.470. The van der Waals surface area contributed by atoms with Gasteiger partial charge < -0.3 is 10.5 Å². The summed E-state index contributed by atoms with van der Waals surface area (Å²) in [4.78, 5) is 0. The van der Waals surface area contributed by atoms with E-state index in [-0.39, 0.29) is 12.1 Å². The van der Waals surface area contributed by atoms with Crippen LogP contribution in [0.2, 0.25) is 0 Å². The number of sulfonamides is 1. The van der Waals surface area contributed by atoms with Crippen LogP contribution in [0, 0.1) is 0 Å². The molecule has 2 atom stereocenters. The Balaban J connectivity index is 2.06. The SMILES string of the molecule is CC1CC(NS(=O)(=O)c2cc(CN)cs2)CCO1. The fourth-order valence-electron chi connectivity index (χ4n) is 1.98. The fraction of sp³-hybridized carbons (Fsp3) is 0.636. The summed E-state index contributed by atoms with van der Waals surface area (Å²) >= 11 is 1.21. The van der Waals surface area contributed by atoms with Gasteiger partial charge in [-0.1, -0.05) is 0 Å². The van der Waals surface area contributed by atoms with Gasteiger partial charge in [-0.25, -0.2) is 13.1 Å². The molecule has 0 amide bonds. The van der Waals surface area contributed by atoms with Crippen LogP contribution in [0.25, 0.3) is 0 Å². The number of ether oxygens (including phenoxy) is 1. The van der Waals surface area contributed by atoms with Crippen molar-refractivity contribution in [3.63, 3.8) is 0 Å². The number of hydrogen-bond donors (Lipinski definition) is 2. The highest BCUT2D eigenvalue weighted by Crippen LogP contribution is 2.22. The van der Waals surface area contributed by atoms with Crippen molar-refractivity contribution in [2.45, 2.75) is 42.7 Å². The average molecular weight is 290 g/mol. The third-order valence-corrected chi connectivity index (χ3v) is 5.95. The molecule has 0 bridgehead atoms. The van der Waals surface area contributed by atoms with Gasteiger partial charge in [-0.3, -0.25) is 0 Å². The molecule has 0 saturated carbocycles. The van der Waals surface area contributed by atoms with Crippen LogP contribution < -0.4 is 10.5 Å². The summed E-state index contributed by atoms with van der Waals surface area (Å²) in [6.45, 7) is 2.92. The van der Waals surface area contributed by atoms with Crippen LogP contribution in [0.5, 0.6) is 0 Å². The van der Waals surface area contributed by atoms with Gasteiger partial charge in [0.15, 0.2) is 0 Å². The lowest BCUT2D eigenvalue weighted by Crippen LogP contribution is -2.40. The molecule has 2 rings (SSSR count). The molecule has 1 fully saturated rings. The summed E-state index contributed by atoms with van der Waals surface area (Å²) in [5, 5.41) is 1.78. The summed E-state index contributed by atoms with van der Waals surface area (Å²) in [5.74, 6) is 0. The lowest BCUT2D eigenvalue weighted by Gasteiger charge is -2.27. The first-order valence-corrected chi connectivity index (χ1v) is 8.29. The van der Waals surface area contributed by atoms with Crippen molar-refractivity contribution < 1.29 is 13.2 Å². The predicted octanol–water partition coefficient (Wildman–Crippen LogP) is 1.05. The second-order valence-corrected chi connectivity index (χ2v) is 7.35. The van der Waals surface area contributed by atoms with E-state index in [0.717, 1.165) is 12.0 Å². The topological polar surface area (TPSA) is 81.4 Å². The normalized spacial score (nSPS) is 25.2. The van der Waals surface area contributed by atoms with Gasteiger partial charge in [-0.15, -0.1) is 11.3 Å². The van der Waals surface area contributed by atoms with Crippen LogP contribution in [0.4, 0.5) is 0 Å². The number of nitrogens with two attached hydrogens (primary N) is 1. The Kier molecular flexibility index (Phi) is 4.39. The van der Waals surface area contributed by atoms with Crippen LogP contribution in [0.1, 0.15) is 25.3 Å². The molecule has 7 heteroatoms. The lowest BCUT2D eigenvalue weighted by molar-refractivity contribution is 0.0173. The van der Waals surface area contributed by atoms with Crippen molar-refractivity contribution in [3.05, 3.63) is 17.0 Å². The summed E-state index contributed by atoms with van der Waals surface area (Å²) < 4.78 is 32.8. The van der Waals surface area contributed by atoms with Gasteiger partial charge in [-0.2, -0.15) is 0 Å². The molecule has 3 N–H and O–H groups in total. The molecule has 0 spiro atoms. The maximum Gasteiger partial charge on any atom is 0.250 e. The smallest absolute Gasteiger partial charge is 0.250 e.